The van der Waals surface area contributed by atoms with Crippen molar-refractivity contribution in [1.29, 1.82) is 0 Å². The molecule has 1 aromatic heterocycles. The number of carboxylic acids is 3. The molecule has 0 bridgehead atoms. The molecule has 0 radical (unpaired) electrons. The molecule has 792 valence electrons. The molecule has 8 aliphatic rings. The molecule has 8 saturated heterocycles. The summed E-state index contributed by atoms with van der Waals surface area (Å²) < 4.78 is 49.8. The summed E-state index contributed by atoms with van der Waals surface area (Å²) in [6.45, 7) is 53.5. The summed E-state index contributed by atoms with van der Waals surface area (Å²) in [5.41, 5.74) is -1.83. The number of aromatic carboxylic acids is 1. The number of aryl methyl sites for hydroxylation is 1. The topological polar surface area (TPSA) is 492 Å². The van der Waals surface area contributed by atoms with Crippen LogP contribution in [0.3, 0.4) is 0 Å². The van der Waals surface area contributed by atoms with E-state index in [9.17, 15) is 62.6 Å². The average Bonchev–Trinajstić information content (AvgIpc) is 0.972. The van der Waals surface area contributed by atoms with Crippen LogP contribution >= 0.6 is 71.2 Å². The van der Waals surface area contributed by atoms with Crippen molar-refractivity contribution < 1.29 is 296 Å². The second kappa shape index (κ2) is 83.8. The second-order valence-corrected chi connectivity index (χ2v) is 39.7. The Labute approximate surface area is 982 Å². The molecule has 9 rings (SSSR count). The average molecular weight is 2180 g/mol. The fourth-order valence-corrected chi connectivity index (χ4v) is 13.4. The van der Waals surface area contributed by atoms with Gasteiger partial charge >= 0.3 is 226 Å². The number of nitrogens with zero attached hydrogens (tertiary/aromatic N) is 5. The number of alkyl halides is 4. The molecule has 4 amide bonds. The zero-order chi connectivity index (χ0) is 104. The minimum Gasteiger partial charge on any atom is -1.00 e. The minimum absolute atomic E-state index is 0. The van der Waals surface area contributed by atoms with Gasteiger partial charge in [-0.1, -0.05) is 69.2 Å². The molecule has 1 aromatic rings. The number of pyridine rings is 1. The SMILES string of the molecule is C1CCOC1.CC(C)(C)[O-].CC1CCN(C(=O)OC(C)(C)C)C[C@@H]1C(=O)O.CC1CCNC[C@@H]1C(=O)O.COC(=O)[C@H]1CN(C(=O)OC(C)(C)C)CC[C@@H]1C.COC(=O)[C@H]1CN(C(=O)OC(C)(C)C)CC[C@@H]1C.COC(=O)[C@H]1CN(C(=O)OC(C)(C)C)CC[C@H]1C.COC(=O)[C@H]1CNCC[C@@H]1C.COC(=O)[C@H]1CNCC[C@@H]1C.Cc1ccncc1C(=O)O.Cl.Cl.ClCCl.ClCCl.O=CO[O-].[H-].[K+].[K+].[K+]. The van der Waals surface area contributed by atoms with E-state index in [1.165, 1.54) is 59.5 Å². The number of halogens is 6. The van der Waals surface area contributed by atoms with E-state index in [2.05, 4.69) is 49.1 Å². The standard InChI is InChI=1S/3C13H23NO4.C12H21NO4.2C8H15NO2.C7H13NO2.C7H7NO2.C4H8O.C4H9O.2CH2Cl2.CH2O3.2ClH.3K.H/c3*1-9-6-7-14(8-10(9)11(15)17-5)12(16)18-13(2,3)4;1-8-5-6-13(7-9(8)10(14)15)11(16)17-12(2,3)4;2*1-6-3-4-9-5-7(6)8(10)11-2;2*1-5-2-3-8-4-6(5)7(9)10;1-2-4-5-3-1;1-4(2,3)5;2*2-1-3;2-1-4-3;;;;;;/h3*9-10H,6-8H2,1-5H3;8-9H,5-7H2,1-4H3,(H,14,15);2*6-7,9H,3-5H2,1-2H3;5-6,8H,2-4H2,1H3,(H,9,10);2-4H,1H3,(H,9,10);1-4H2;1-3H3;2*1H2;1,3H;2*1H;;;;/q;;;;;;;;;-1;;;;;;3*+1;-1/p-1/t9-,10+;2*9-,10-;8?,9-;2*6-,7-;5?,6-;;;;;;;;;;;;/m1000000............/s1. The Bertz CT molecular complexity index is 3340. The summed E-state index contributed by atoms with van der Waals surface area (Å²) in [6.07, 6.45) is 10.2. The van der Waals surface area contributed by atoms with E-state index in [0.29, 0.717) is 76.5 Å². The number of aromatic nitrogens is 1. The van der Waals surface area contributed by atoms with Gasteiger partial charge in [0, 0.05) is 97.6 Å². The number of carboxylic acid groups (broad SMARTS) is 3. The van der Waals surface area contributed by atoms with Crippen LogP contribution in [0.15, 0.2) is 18.5 Å². The van der Waals surface area contributed by atoms with Gasteiger partial charge in [-0.05, 0) is 220 Å². The number of nitrogens with one attached hydrogen (secondary N) is 3. The monoisotopic (exact) mass is 2170 g/mol. The van der Waals surface area contributed by atoms with Gasteiger partial charge in [-0.15, -0.1) is 76.8 Å². The molecule has 8 aliphatic heterocycles. The van der Waals surface area contributed by atoms with Crippen molar-refractivity contribution >= 4 is 150 Å². The van der Waals surface area contributed by atoms with Crippen LogP contribution in [0.25, 0.3) is 0 Å². The maximum absolute atomic E-state index is 11.9. The Kier molecular flexibility index (Phi) is 93.2. The first kappa shape index (κ1) is 154. The number of rotatable bonds is 9. The first-order valence-corrected chi connectivity index (χ1v) is 47.0. The third-order valence-electron chi connectivity index (χ3n) is 21.2. The smallest absolute Gasteiger partial charge is 1.00 e. The number of carbonyl (C=O) groups is 13. The molecular weight excluding hydrogens is 2010 g/mol. The molecule has 0 spiro atoms. The van der Waals surface area contributed by atoms with Gasteiger partial charge in [0.05, 0.1) is 93.2 Å². The fraction of sp³-hybridized carbons (Fsp3) is 0.804. The normalized spacial score (nSPS) is 22.6. The zero-order valence-electron chi connectivity index (χ0n) is 89.0. The van der Waals surface area contributed by atoms with Gasteiger partial charge in [0.25, 0.3) is 6.47 Å². The van der Waals surface area contributed by atoms with Gasteiger partial charge in [-0.3, -0.25) is 43.3 Å². The van der Waals surface area contributed by atoms with Crippen molar-refractivity contribution in [2.24, 2.45) is 82.9 Å². The van der Waals surface area contributed by atoms with Gasteiger partial charge < -0.3 is 115 Å². The number of methoxy groups -OCH3 is 5. The number of likely N-dealkylation sites (tertiary alicyclic amines) is 4. The summed E-state index contributed by atoms with van der Waals surface area (Å²) in [5, 5.41) is 54.6. The van der Waals surface area contributed by atoms with Crippen molar-refractivity contribution in [1.82, 2.24) is 40.5 Å². The number of carbonyl (C=O) groups excluding carboxylic acids is 10. The Hall–Kier alpha value is -2.13. The third kappa shape index (κ3) is 74.7. The van der Waals surface area contributed by atoms with Crippen molar-refractivity contribution in [3.8, 4) is 0 Å². The van der Waals surface area contributed by atoms with E-state index in [1.54, 1.807) is 75.4 Å². The van der Waals surface area contributed by atoms with Crippen LogP contribution in [0.4, 0.5) is 19.2 Å². The first-order valence-electron chi connectivity index (χ1n) is 44.9. The summed E-state index contributed by atoms with van der Waals surface area (Å²) in [7, 11) is 7.03. The van der Waals surface area contributed by atoms with Crippen molar-refractivity contribution in [2.75, 3.05) is 151 Å². The maximum Gasteiger partial charge on any atom is 1.00 e. The molecule has 8 fully saturated rings. The molecule has 0 saturated carbocycles. The van der Waals surface area contributed by atoms with Crippen LogP contribution in [0.1, 0.15) is 227 Å². The quantitative estimate of drug-likeness (QED) is 0.0376. The Morgan fingerprint density at radius 1 is 0.435 bits per heavy atom. The molecule has 14 atom stereocenters. The molecule has 2 unspecified atom stereocenters. The van der Waals surface area contributed by atoms with Crippen LogP contribution < -0.4 is 180 Å². The molecule has 9 heterocycles. The van der Waals surface area contributed by atoms with E-state index >= 15 is 0 Å². The van der Waals surface area contributed by atoms with Gasteiger partial charge in [0.15, 0.2) is 0 Å². The second-order valence-electron chi connectivity index (χ2n) is 38.0. The fourth-order valence-electron chi connectivity index (χ4n) is 13.4. The van der Waals surface area contributed by atoms with Crippen molar-refractivity contribution in [3.63, 3.8) is 0 Å². The van der Waals surface area contributed by atoms with Crippen LogP contribution in [-0.4, -0.2) is 298 Å². The predicted octanol–water partition coefficient (Wildman–Crippen LogP) is 4.52. The zero-order valence-corrected chi connectivity index (χ0v) is 102. The van der Waals surface area contributed by atoms with Gasteiger partial charge in [-0.25, -0.2) is 24.0 Å². The molecule has 46 heteroatoms. The predicted molar refractivity (Wildman–Crippen MR) is 518 cm³/mol. The Morgan fingerprint density at radius 2 is 0.652 bits per heavy atom. The van der Waals surface area contributed by atoms with Crippen LogP contribution in [0, 0.1) is 89.8 Å². The number of hydrogen-bond donors (Lipinski definition) is 6. The van der Waals surface area contributed by atoms with Gasteiger partial charge in [0.2, 0.25) is 0 Å². The molecule has 6 N–H and O–H groups in total. The molecular formula is C92H165Cl6K3N8O29. The Morgan fingerprint density at radius 3 is 0.826 bits per heavy atom. The molecule has 0 aliphatic carbocycles. The van der Waals surface area contributed by atoms with Crippen LogP contribution in [0.5, 0.6) is 0 Å². The van der Waals surface area contributed by atoms with E-state index in [1.807, 2.05) is 96.9 Å². The van der Waals surface area contributed by atoms with Crippen LogP contribution in [0.2, 0.25) is 0 Å². The van der Waals surface area contributed by atoms with Gasteiger partial charge in [0.1, 0.15) is 22.4 Å². The summed E-state index contributed by atoms with van der Waals surface area (Å²) in [4.78, 5) is 158. The number of aliphatic carboxylic acids is 2. The number of ether oxygens (including phenoxy) is 10. The Balaban J connectivity index is -0.000000166. The first-order chi connectivity index (χ1) is 61.6. The van der Waals surface area contributed by atoms with E-state index < -0.39 is 57.9 Å². The van der Waals surface area contributed by atoms with Crippen molar-refractivity contribution in [2.45, 2.75) is 245 Å². The summed E-state index contributed by atoms with van der Waals surface area (Å²) >= 11 is 19.1. The number of piperidine rings is 7. The van der Waals surface area contributed by atoms with Crippen LogP contribution in [-0.2, 0) is 90.6 Å². The molecule has 0 aromatic carbocycles. The largest absolute Gasteiger partial charge is 1.00 e. The molecule has 138 heavy (non-hydrogen) atoms. The minimum atomic E-state index is -0.925. The van der Waals surface area contributed by atoms with Gasteiger partial charge in [-0.2, -0.15) is 0 Å². The summed E-state index contributed by atoms with van der Waals surface area (Å²) in [6, 6.07) is 1.67. The molecule has 37 nitrogen and oxygen atoms in total. The summed E-state index contributed by atoms with van der Waals surface area (Å²) in [5.74, 6) is -2.59. The van der Waals surface area contributed by atoms with E-state index in [0.717, 1.165) is 90.0 Å². The number of hydrogen-bond acceptors (Lipinski definition) is 30. The number of esters is 5. The van der Waals surface area contributed by atoms with E-state index in [4.69, 9.17) is 110 Å². The van der Waals surface area contributed by atoms with Crippen molar-refractivity contribution in [3.05, 3.63) is 29.6 Å². The number of amides is 4. The van der Waals surface area contributed by atoms with E-state index in [-0.39, 0.29) is 317 Å². The maximum atomic E-state index is 11.9. The third-order valence-corrected chi connectivity index (χ3v) is 21.2.